The summed E-state index contributed by atoms with van der Waals surface area (Å²) in [5, 5.41) is 3.04. The van der Waals surface area contributed by atoms with Gasteiger partial charge in [0.05, 0.1) is 12.7 Å². The van der Waals surface area contributed by atoms with Crippen molar-refractivity contribution >= 4 is 11.7 Å². The molecule has 36 heavy (non-hydrogen) atoms. The van der Waals surface area contributed by atoms with Crippen LogP contribution >= 0.6 is 0 Å². The second kappa shape index (κ2) is 10.8. The average molecular weight is 484 g/mol. The summed E-state index contributed by atoms with van der Waals surface area (Å²) in [6.45, 7) is 3.52. The Kier molecular flexibility index (Phi) is 7.20. The highest BCUT2D eigenvalue weighted by molar-refractivity contribution is 5.89. The van der Waals surface area contributed by atoms with Crippen LogP contribution < -0.4 is 10.1 Å². The van der Waals surface area contributed by atoms with E-state index in [2.05, 4.69) is 34.2 Å². The summed E-state index contributed by atoms with van der Waals surface area (Å²) in [6.07, 6.45) is 2.08. The first-order valence-electron chi connectivity index (χ1n) is 12.4. The van der Waals surface area contributed by atoms with Crippen LogP contribution in [-0.2, 0) is 0 Å². The Balaban J connectivity index is 1.25. The largest absolute Gasteiger partial charge is 0.497 e. The lowest BCUT2D eigenvalue weighted by Gasteiger charge is -2.51. The molecule has 2 heterocycles. The van der Waals surface area contributed by atoms with E-state index in [-0.39, 0.29) is 11.8 Å². The van der Waals surface area contributed by atoms with E-state index in [1.165, 1.54) is 11.6 Å². The maximum atomic E-state index is 13.8. The number of benzene rings is 3. The first-order chi connectivity index (χ1) is 17.6. The minimum absolute atomic E-state index is 0.0635. The summed E-state index contributed by atoms with van der Waals surface area (Å²) in [5.41, 5.74) is 3.27. The van der Waals surface area contributed by atoms with Gasteiger partial charge in [0, 0.05) is 42.8 Å². The van der Waals surface area contributed by atoms with E-state index >= 15 is 0 Å². The molecule has 5 rings (SSSR count). The fourth-order valence-electron chi connectivity index (χ4n) is 4.97. The maximum Gasteiger partial charge on any atom is 0.321 e. The number of fused-ring (bicyclic) bond motifs is 1. The number of rotatable bonds is 3. The zero-order valence-corrected chi connectivity index (χ0v) is 20.4. The standard InChI is InChI=1S/C30H30FN3O2/c1-36-26-16-14-25(15-17-26)32-30(35)34-19-5-4-18-33-20-27(29(33)21-34)23-11-8-22(9-12-23)10-13-24-6-2-3-7-28(24)31/h2-3,6-9,11-12,14-17,27,29H,4-5,18-21H2,1H3,(H,32,35). The highest BCUT2D eigenvalue weighted by Gasteiger charge is 2.41. The van der Waals surface area contributed by atoms with E-state index in [0.29, 0.717) is 24.1 Å². The summed E-state index contributed by atoms with van der Waals surface area (Å²) >= 11 is 0. The second-order valence-electron chi connectivity index (χ2n) is 9.33. The number of hydrogen-bond acceptors (Lipinski definition) is 3. The Labute approximate surface area is 211 Å². The van der Waals surface area contributed by atoms with Crippen molar-refractivity contribution in [3.63, 3.8) is 0 Å². The van der Waals surface area contributed by atoms with E-state index in [4.69, 9.17) is 4.74 Å². The number of methoxy groups -OCH3 is 1. The molecule has 2 saturated heterocycles. The molecular formula is C30H30FN3O2. The number of carbonyl (C=O) groups is 1. The van der Waals surface area contributed by atoms with E-state index in [1.54, 1.807) is 25.3 Å². The normalized spacial score (nSPS) is 19.6. The van der Waals surface area contributed by atoms with Crippen LogP contribution in [0.3, 0.4) is 0 Å². The predicted octanol–water partition coefficient (Wildman–Crippen LogP) is 5.33. The Morgan fingerprint density at radius 2 is 1.69 bits per heavy atom. The van der Waals surface area contributed by atoms with E-state index in [1.807, 2.05) is 41.3 Å². The zero-order chi connectivity index (χ0) is 24.9. The minimum atomic E-state index is -0.305. The van der Waals surface area contributed by atoms with Gasteiger partial charge in [0.2, 0.25) is 0 Å². The summed E-state index contributed by atoms with van der Waals surface area (Å²) in [6, 6.07) is 22.4. The lowest BCUT2D eigenvalue weighted by atomic mass is 9.81. The molecule has 0 bridgehead atoms. The quantitative estimate of drug-likeness (QED) is 0.512. The molecule has 2 fully saturated rings. The molecule has 3 aromatic carbocycles. The molecule has 2 unspecified atom stereocenters. The average Bonchev–Trinajstić information content (AvgIpc) is 2.89. The van der Waals surface area contributed by atoms with Crippen LogP contribution in [0.1, 0.15) is 35.4 Å². The number of amides is 2. The summed E-state index contributed by atoms with van der Waals surface area (Å²) in [4.78, 5) is 17.5. The van der Waals surface area contributed by atoms with Crippen LogP contribution in [0.5, 0.6) is 5.75 Å². The SMILES string of the molecule is COc1ccc(NC(=O)N2CCCCN3CC(c4ccc(C#Cc5ccccc5F)cc4)C3C2)cc1. The van der Waals surface area contributed by atoms with Crippen molar-refractivity contribution < 1.29 is 13.9 Å². The van der Waals surface area contributed by atoms with Gasteiger partial charge in [-0.2, -0.15) is 0 Å². The van der Waals surface area contributed by atoms with E-state index < -0.39 is 0 Å². The number of nitrogens with zero attached hydrogens (tertiary/aromatic N) is 2. The van der Waals surface area contributed by atoms with Crippen molar-refractivity contribution in [2.24, 2.45) is 0 Å². The first-order valence-corrected chi connectivity index (χ1v) is 12.4. The van der Waals surface area contributed by atoms with Crippen molar-refractivity contribution in [2.45, 2.75) is 24.8 Å². The number of carbonyl (C=O) groups excluding carboxylic acids is 1. The molecule has 2 aliphatic rings. The number of hydrogen-bond donors (Lipinski definition) is 1. The Bertz CT molecular complexity index is 1260. The van der Waals surface area contributed by atoms with Gasteiger partial charge in [0.15, 0.2) is 0 Å². The van der Waals surface area contributed by atoms with Crippen LogP contribution in [0.25, 0.3) is 0 Å². The highest BCUT2D eigenvalue weighted by atomic mass is 19.1. The summed E-state index contributed by atoms with van der Waals surface area (Å²) < 4.78 is 19.0. The third-order valence-corrected chi connectivity index (χ3v) is 7.08. The fraction of sp³-hybridized carbons (Fsp3) is 0.300. The number of ether oxygens (including phenoxy) is 1. The van der Waals surface area contributed by atoms with Gasteiger partial charge in [-0.1, -0.05) is 36.1 Å². The first kappa shape index (κ1) is 23.9. The minimum Gasteiger partial charge on any atom is -0.497 e. The van der Waals surface area contributed by atoms with Crippen LogP contribution in [0.15, 0.2) is 72.8 Å². The summed E-state index contributed by atoms with van der Waals surface area (Å²) in [5.74, 6) is 6.81. The van der Waals surface area contributed by atoms with Crippen molar-refractivity contribution in [3.05, 3.63) is 95.3 Å². The van der Waals surface area contributed by atoms with E-state index in [0.717, 1.165) is 49.5 Å². The molecule has 2 amide bonds. The molecule has 0 spiro atoms. The smallest absolute Gasteiger partial charge is 0.321 e. The van der Waals surface area contributed by atoms with Gasteiger partial charge >= 0.3 is 6.03 Å². The van der Waals surface area contributed by atoms with Gasteiger partial charge < -0.3 is 15.0 Å². The molecule has 2 atom stereocenters. The fourth-order valence-corrected chi connectivity index (χ4v) is 4.97. The van der Waals surface area contributed by atoms with Crippen LogP contribution in [0.4, 0.5) is 14.9 Å². The molecule has 184 valence electrons. The molecule has 0 aromatic heterocycles. The molecular weight excluding hydrogens is 453 g/mol. The zero-order valence-electron chi connectivity index (χ0n) is 20.4. The Morgan fingerprint density at radius 1 is 0.944 bits per heavy atom. The van der Waals surface area contributed by atoms with Gasteiger partial charge in [-0.05, 0) is 73.5 Å². The van der Waals surface area contributed by atoms with Crippen LogP contribution in [0, 0.1) is 17.7 Å². The van der Waals surface area contributed by atoms with Gasteiger partial charge in [-0.15, -0.1) is 0 Å². The predicted molar refractivity (Wildman–Crippen MR) is 140 cm³/mol. The molecule has 0 radical (unpaired) electrons. The van der Waals surface area contributed by atoms with Crippen molar-refractivity contribution in [1.82, 2.24) is 9.80 Å². The third-order valence-electron chi connectivity index (χ3n) is 7.08. The number of urea groups is 1. The van der Waals surface area contributed by atoms with Crippen molar-refractivity contribution in [1.29, 1.82) is 0 Å². The molecule has 5 nitrogen and oxygen atoms in total. The third kappa shape index (κ3) is 5.37. The lowest BCUT2D eigenvalue weighted by Crippen LogP contribution is -2.61. The highest BCUT2D eigenvalue weighted by Crippen LogP contribution is 2.36. The summed E-state index contributed by atoms with van der Waals surface area (Å²) in [7, 11) is 1.63. The topological polar surface area (TPSA) is 44.8 Å². The molecule has 1 N–H and O–H groups in total. The van der Waals surface area contributed by atoms with Gasteiger partial charge in [0.1, 0.15) is 11.6 Å². The Hall–Kier alpha value is -3.82. The van der Waals surface area contributed by atoms with Crippen LogP contribution in [0.2, 0.25) is 0 Å². The molecule has 3 aromatic rings. The van der Waals surface area contributed by atoms with Crippen molar-refractivity contribution in [2.75, 3.05) is 38.6 Å². The van der Waals surface area contributed by atoms with Gasteiger partial charge in [-0.25, -0.2) is 9.18 Å². The van der Waals surface area contributed by atoms with Crippen molar-refractivity contribution in [3.8, 4) is 17.6 Å². The lowest BCUT2D eigenvalue weighted by molar-refractivity contribution is 0.0272. The van der Waals surface area contributed by atoms with Crippen LogP contribution in [-0.4, -0.2) is 55.2 Å². The molecule has 6 heteroatoms. The maximum absolute atomic E-state index is 13.8. The number of nitrogens with one attached hydrogen (secondary N) is 1. The molecule has 0 saturated carbocycles. The number of halogens is 1. The van der Waals surface area contributed by atoms with Gasteiger partial charge in [0.25, 0.3) is 0 Å². The monoisotopic (exact) mass is 483 g/mol. The van der Waals surface area contributed by atoms with E-state index in [9.17, 15) is 9.18 Å². The number of anilines is 1. The molecule has 2 aliphatic heterocycles. The van der Waals surface area contributed by atoms with Gasteiger partial charge in [-0.3, -0.25) is 4.90 Å². The Morgan fingerprint density at radius 3 is 2.44 bits per heavy atom. The molecule has 0 aliphatic carbocycles. The second-order valence-corrected chi connectivity index (χ2v) is 9.33.